The van der Waals surface area contributed by atoms with Crippen LogP contribution >= 0.6 is 27.5 Å². The molecule has 0 saturated carbocycles. The molecule has 0 aliphatic heterocycles. The highest BCUT2D eigenvalue weighted by molar-refractivity contribution is 9.09. The fraction of sp³-hybridized carbons (Fsp3) is 0.500. The fourth-order valence-corrected chi connectivity index (χ4v) is 2.67. The zero-order valence-electron chi connectivity index (χ0n) is 8.93. The van der Waals surface area contributed by atoms with Crippen molar-refractivity contribution in [1.82, 2.24) is 0 Å². The summed E-state index contributed by atoms with van der Waals surface area (Å²) in [5.41, 5.74) is 0.636. The molecule has 1 atom stereocenters. The van der Waals surface area contributed by atoms with Gasteiger partial charge in [0.15, 0.2) is 0 Å². The zero-order chi connectivity index (χ0) is 11.4. The maximum atomic E-state index is 13.5. The Balaban J connectivity index is 2.87. The van der Waals surface area contributed by atoms with Crippen molar-refractivity contribution < 1.29 is 4.39 Å². The van der Waals surface area contributed by atoms with Crippen LogP contribution in [0.3, 0.4) is 0 Å². The third kappa shape index (κ3) is 3.46. The monoisotopic (exact) mass is 292 g/mol. The number of hydrogen-bond acceptors (Lipinski definition) is 0. The fourth-order valence-electron chi connectivity index (χ4n) is 1.46. The molecule has 0 saturated heterocycles. The van der Waals surface area contributed by atoms with Crippen LogP contribution in [0.5, 0.6) is 0 Å². The Hall–Kier alpha value is -0.0800. The Morgan fingerprint density at radius 1 is 1.40 bits per heavy atom. The summed E-state index contributed by atoms with van der Waals surface area (Å²) in [5.74, 6) is 0.730. The van der Waals surface area contributed by atoms with Gasteiger partial charge in [0.1, 0.15) is 5.82 Å². The van der Waals surface area contributed by atoms with Crippen LogP contribution in [0.15, 0.2) is 18.2 Å². The Morgan fingerprint density at radius 2 is 2.07 bits per heavy atom. The van der Waals surface area contributed by atoms with Crippen molar-refractivity contribution in [2.45, 2.75) is 20.3 Å². The van der Waals surface area contributed by atoms with E-state index in [0.717, 1.165) is 5.33 Å². The van der Waals surface area contributed by atoms with Crippen molar-refractivity contribution >= 4 is 27.5 Å². The molecule has 0 N–H and O–H groups in total. The summed E-state index contributed by atoms with van der Waals surface area (Å²) in [6, 6.07) is 4.85. The van der Waals surface area contributed by atoms with Gasteiger partial charge in [-0.2, -0.15) is 0 Å². The molecular formula is C12H15BrClF. The Labute approximate surface area is 104 Å². The summed E-state index contributed by atoms with van der Waals surface area (Å²) in [6.45, 7) is 4.28. The van der Waals surface area contributed by atoms with Crippen LogP contribution in [-0.4, -0.2) is 5.33 Å². The average Bonchev–Trinajstić information content (AvgIpc) is 2.17. The highest BCUT2D eigenvalue weighted by Crippen LogP contribution is 2.26. The zero-order valence-corrected chi connectivity index (χ0v) is 11.3. The van der Waals surface area contributed by atoms with Crippen molar-refractivity contribution in [3.8, 4) is 0 Å². The van der Waals surface area contributed by atoms with E-state index in [1.54, 1.807) is 12.1 Å². The molecule has 0 fully saturated rings. The van der Waals surface area contributed by atoms with Crippen LogP contribution in [0.2, 0.25) is 5.02 Å². The van der Waals surface area contributed by atoms with Crippen LogP contribution < -0.4 is 0 Å². The van der Waals surface area contributed by atoms with Crippen LogP contribution in [0, 0.1) is 17.7 Å². The van der Waals surface area contributed by atoms with E-state index in [-0.39, 0.29) is 5.82 Å². The molecule has 0 amide bonds. The van der Waals surface area contributed by atoms with Gasteiger partial charge in [-0.05, 0) is 30.4 Å². The van der Waals surface area contributed by atoms with Gasteiger partial charge in [-0.25, -0.2) is 4.39 Å². The number of hydrogen-bond donors (Lipinski definition) is 0. The minimum atomic E-state index is -0.200. The second-order valence-corrected chi connectivity index (χ2v) is 5.12. The first-order chi connectivity index (χ1) is 7.06. The normalized spacial score (nSPS) is 13.2. The standard InChI is InChI=1S/C12H15BrClF/c1-8(2)9(7-13)6-10-11(14)4-3-5-12(10)15/h3-5,8-9H,6-7H2,1-2H3. The van der Waals surface area contributed by atoms with Crippen molar-refractivity contribution in [1.29, 1.82) is 0 Å². The van der Waals surface area contributed by atoms with E-state index >= 15 is 0 Å². The predicted molar refractivity (Wildman–Crippen MR) is 67.2 cm³/mol. The molecule has 1 aromatic rings. The summed E-state index contributed by atoms with van der Waals surface area (Å²) >= 11 is 9.44. The third-order valence-electron chi connectivity index (χ3n) is 2.67. The molecule has 0 radical (unpaired) electrons. The first-order valence-corrected chi connectivity index (χ1v) is 6.55. The Bertz CT molecular complexity index is 305. The molecule has 15 heavy (non-hydrogen) atoms. The number of alkyl halides is 1. The van der Waals surface area contributed by atoms with Gasteiger partial charge in [-0.1, -0.05) is 47.4 Å². The van der Waals surface area contributed by atoms with Crippen molar-refractivity contribution in [2.24, 2.45) is 11.8 Å². The van der Waals surface area contributed by atoms with E-state index in [9.17, 15) is 4.39 Å². The Morgan fingerprint density at radius 3 is 2.53 bits per heavy atom. The number of rotatable bonds is 4. The highest BCUT2D eigenvalue weighted by Gasteiger charge is 2.16. The minimum absolute atomic E-state index is 0.200. The molecular weight excluding hydrogens is 278 g/mol. The lowest BCUT2D eigenvalue weighted by molar-refractivity contribution is 0.420. The molecule has 0 aliphatic carbocycles. The number of benzene rings is 1. The molecule has 0 bridgehead atoms. The van der Waals surface area contributed by atoms with Gasteiger partial charge in [-0.3, -0.25) is 0 Å². The third-order valence-corrected chi connectivity index (χ3v) is 3.85. The summed E-state index contributed by atoms with van der Waals surface area (Å²) in [5, 5.41) is 1.40. The molecule has 1 rings (SSSR count). The first-order valence-electron chi connectivity index (χ1n) is 5.05. The van der Waals surface area contributed by atoms with E-state index in [2.05, 4.69) is 29.8 Å². The lowest BCUT2D eigenvalue weighted by atomic mass is 9.91. The highest BCUT2D eigenvalue weighted by atomic mass is 79.9. The van der Waals surface area contributed by atoms with Crippen LogP contribution in [-0.2, 0) is 6.42 Å². The van der Waals surface area contributed by atoms with Gasteiger partial charge < -0.3 is 0 Å². The maximum Gasteiger partial charge on any atom is 0.127 e. The van der Waals surface area contributed by atoms with E-state index in [1.807, 2.05) is 0 Å². The maximum absolute atomic E-state index is 13.5. The van der Waals surface area contributed by atoms with E-state index in [1.165, 1.54) is 6.07 Å². The van der Waals surface area contributed by atoms with Gasteiger partial charge in [0.05, 0.1) is 0 Å². The molecule has 0 aliphatic rings. The smallest absolute Gasteiger partial charge is 0.127 e. The SMILES string of the molecule is CC(C)C(CBr)Cc1c(F)cccc1Cl. The molecule has 0 heterocycles. The van der Waals surface area contributed by atoms with E-state index in [0.29, 0.717) is 28.8 Å². The lowest BCUT2D eigenvalue weighted by Crippen LogP contribution is -2.14. The van der Waals surface area contributed by atoms with Crippen LogP contribution in [0.4, 0.5) is 4.39 Å². The van der Waals surface area contributed by atoms with Gasteiger partial charge in [-0.15, -0.1) is 0 Å². The van der Waals surface area contributed by atoms with E-state index < -0.39 is 0 Å². The van der Waals surface area contributed by atoms with Crippen molar-refractivity contribution in [3.05, 3.63) is 34.6 Å². The second-order valence-electron chi connectivity index (χ2n) is 4.06. The molecule has 3 heteroatoms. The molecule has 1 aromatic carbocycles. The van der Waals surface area contributed by atoms with Crippen LogP contribution in [0.25, 0.3) is 0 Å². The first kappa shape index (κ1) is 13.0. The summed E-state index contributed by atoms with van der Waals surface area (Å²) in [7, 11) is 0. The van der Waals surface area contributed by atoms with Crippen molar-refractivity contribution in [2.75, 3.05) is 5.33 Å². The quantitative estimate of drug-likeness (QED) is 0.707. The van der Waals surface area contributed by atoms with Crippen molar-refractivity contribution in [3.63, 3.8) is 0 Å². The Kier molecular flexibility index (Phi) is 5.07. The van der Waals surface area contributed by atoms with E-state index in [4.69, 9.17) is 11.6 Å². The topological polar surface area (TPSA) is 0 Å². The minimum Gasteiger partial charge on any atom is -0.207 e. The summed E-state index contributed by atoms with van der Waals surface area (Å²) in [6.07, 6.45) is 0.689. The molecule has 84 valence electrons. The predicted octanol–water partition coefficient (Wildman–Crippen LogP) is 4.69. The number of halogens is 3. The van der Waals surface area contributed by atoms with Gasteiger partial charge >= 0.3 is 0 Å². The lowest BCUT2D eigenvalue weighted by Gasteiger charge is -2.19. The van der Waals surface area contributed by atoms with Gasteiger partial charge in [0.25, 0.3) is 0 Å². The van der Waals surface area contributed by atoms with Crippen LogP contribution in [0.1, 0.15) is 19.4 Å². The largest absolute Gasteiger partial charge is 0.207 e. The average molecular weight is 294 g/mol. The molecule has 0 nitrogen and oxygen atoms in total. The molecule has 0 aromatic heterocycles. The molecule has 0 spiro atoms. The van der Waals surface area contributed by atoms with Gasteiger partial charge in [0.2, 0.25) is 0 Å². The summed E-state index contributed by atoms with van der Waals surface area (Å²) < 4.78 is 13.5. The molecule has 1 unspecified atom stereocenters. The second kappa shape index (κ2) is 5.86. The summed E-state index contributed by atoms with van der Waals surface area (Å²) in [4.78, 5) is 0. The van der Waals surface area contributed by atoms with Gasteiger partial charge in [0, 0.05) is 15.9 Å².